The Kier molecular flexibility index (Phi) is 3.05. The highest BCUT2D eigenvalue weighted by molar-refractivity contribution is 4.93. The second-order valence-corrected chi connectivity index (χ2v) is 4.69. The van der Waals surface area contributed by atoms with Crippen molar-refractivity contribution in [3.05, 3.63) is 11.9 Å². The van der Waals surface area contributed by atoms with E-state index in [4.69, 9.17) is 0 Å². The van der Waals surface area contributed by atoms with Gasteiger partial charge in [-0.05, 0) is 24.7 Å². The number of hydrogen-bond donors (Lipinski definition) is 1. The molecule has 0 aromatic carbocycles. The van der Waals surface area contributed by atoms with Crippen LogP contribution in [0.5, 0.6) is 0 Å². The van der Waals surface area contributed by atoms with Crippen LogP contribution in [0.3, 0.4) is 0 Å². The molecule has 0 unspecified atom stereocenters. The summed E-state index contributed by atoms with van der Waals surface area (Å²) in [5.74, 6) is 0. The van der Waals surface area contributed by atoms with Crippen LogP contribution in [0.4, 0.5) is 0 Å². The summed E-state index contributed by atoms with van der Waals surface area (Å²) in [5, 5.41) is 11.5. The molecule has 1 fully saturated rings. The van der Waals surface area contributed by atoms with Gasteiger partial charge in [0.15, 0.2) is 0 Å². The largest absolute Gasteiger partial charge is 0.311 e. The smallest absolute Gasteiger partial charge is 0.0964 e. The first-order valence-corrected chi connectivity index (χ1v) is 5.80. The number of hydrogen-bond acceptors (Lipinski definition) is 3. The zero-order chi connectivity index (χ0) is 10.7. The standard InChI is InChI=1S/C11H20N4/c1-3-11(5-4-6-11)9-12-7-10-8-15(2)14-13-10/h8,12H,3-7,9H2,1-2H3. The van der Waals surface area contributed by atoms with Crippen molar-refractivity contribution in [2.45, 2.75) is 39.2 Å². The van der Waals surface area contributed by atoms with Crippen LogP contribution in [0.1, 0.15) is 38.3 Å². The van der Waals surface area contributed by atoms with Crippen molar-refractivity contribution < 1.29 is 0 Å². The zero-order valence-corrected chi connectivity index (χ0v) is 9.66. The van der Waals surface area contributed by atoms with Crippen molar-refractivity contribution in [3.63, 3.8) is 0 Å². The lowest BCUT2D eigenvalue weighted by atomic mass is 9.67. The van der Waals surface area contributed by atoms with E-state index in [9.17, 15) is 0 Å². The van der Waals surface area contributed by atoms with Gasteiger partial charge in [0.05, 0.1) is 5.69 Å². The maximum absolute atomic E-state index is 4.06. The highest BCUT2D eigenvalue weighted by Crippen LogP contribution is 2.42. The van der Waals surface area contributed by atoms with Gasteiger partial charge in [0.1, 0.15) is 0 Å². The van der Waals surface area contributed by atoms with Crippen molar-refractivity contribution >= 4 is 0 Å². The Labute approximate surface area is 91.1 Å². The van der Waals surface area contributed by atoms with E-state index in [1.807, 2.05) is 13.2 Å². The number of aromatic nitrogens is 3. The minimum atomic E-state index is 0.586. The maximum Gasteiger partial charge on any atom is 0.0964 e. The number of nitrogens with zero attached hydrogens (tertiary/aromatic N) is 3. The molecule has 84 valence electrons. The molecular weight excluding hydrogens is 188 g/mol. The molecule has 0 atom stereocenters. The van der Waals surface area contributed by atoms with E-state index in [-0.39, 0.29) is 0 Å². The summed E-state index contributed by atoms with van der Waals surface area (Å²) in [6.07, 6.45) is 7.43. The first kappa shape index (κ1) is 10.6. The lowest BCUT2D eigenvalue weighted by molar-refractivity contribution is 0.123. The minimum absolute atomic E-state index is 0.586. The van der Waals surface area contributed by atoms with Gasteiger partial charge in [-0.1, -0.05) is 18.6 Å². The minimum Gasteiger partial charge on any atom is -0.311 e. The Morgan fingerprint density at radius 3 is 2.80 bits per heavy atom. The first-order valence-electron chi connectivity index (χ1n) is 5.80. The summed E-state index contributed by atoms with van der Waals surface area (Å²) < 4.78 is 1.75. The van der Waals surface area contributed by atoms with Crippen LogP contribution in [0.25, 0.3) is 0 Å². The summed E-state index contributed by atoms with van der Waals surface area (Å²) in [4.78, 5) is 0. The summed E-state index contributed by atoms with van der Waals surface area (Å²) in [5.41, 5.74) is 1.62. The highest BCUT2D eigenvalue weighted by atomic mass is 15.4. The summed E-state index contributed by atoms with van der Waals surface area (Å²) >= 11 is 0. The molecule has 0 amide bonds. The van der Waals surface area contributed by atoms with Crippen LogP contribution < -0.4 is 5.32 Å². The molecule has 4 nitrogen and oxygen atoms in total. The van der Waals surface area contributed by atoms with E-state index >= 15 is 0 Å². The van der Waals surface area contributed by atoms with E-state index < -0.39 is 0 Å². The molecule has 0 saturated heterocycles. The van der Waals surface area contributed by atoms with Gasteiger partial charge >= 0.3 is 0 Å². The molecule has 4 heteroatoms. The number of nitrogens with one attached hydrogen (secondary N) is 1. The van der Waals surface area contributed by atoms with Gasteiger partial charge in [0.2, 0.25) is 0 Å². The topological polar surface area (TPSA) is 42.7 Å². The molecule has 1 aliphatic carbocycles. The molecule has 0 radical (unpaired) electrons. The average Bonchev–Trinajstić information content (AvgIpc) is 2.56. The zero-order valence-electron chi connectivity index (χ0n) is 9.66. The van der Waals surface area contributed by atoms with Crippen LogP contribution in [-0.2, 0) is 13.6 Å². The van der Waals surface area contributed by atoms with Gasteiger partial charge in [-0.15, -0.1) is 5.10 Å². The summed E-state index contributed by atoms with van der Waals surface area (Å²) in [6.45, 7) is 4.26. The molecule has 1 saturated carbocycles. The molecule has 0 aliphatic heterocycles. The van der Waals surface area contributed by atoms with Crippen molar-refractivity contribution in [1.29, 1.82) is 0 Å². The van der Waals surface area contributed by atoms with E-state index in [2.05, 4.69) is 22.6 Å². The molecule has 1 heterocycles. The quantitative estimate of drug-likeness (QED) is 0.797. The van der Waals surface area contributed by atoms with E-state index in [0.29, 0.717) is 5.41 Å². The van der Waals surface area contributed by atoms with Crippen LogP contribution in [0.15, 0.2) is 6.20 Å². The monoisotopic (exact) mass is 208 g/mol. The van der Waals surface area contributed by atoms with Crippen LogP contribution >= 0.6 is 0 Å². The normalized spacial score (nSPS) is 18.8. The number of aryl methyl sites for hydroxylation is 1. The van der Waals surface area contributed by atoms with E-state index in [0.717, 1.165) is 18.8 Å². The third-order valence-corrected chi connectivity index (χ3v) is 3.62. The maximum atomic E-state index is 4.06. The third kappa shape index (κ3) is 2.37. The Bertz CT molecular complexity index is 309. The second kappa shape index (κ2) is 4.31. The van der Waals surface area contributed by atoms with Crippen LogP contribution in [0, 0.1) is 5.41 Å². The van der Waals surface area contributed by atoms with E-state index in [1.165, 1.54) is 25.7 Å². The SMILES string of the molecule is CCC1(CNCc2cn(C)nn2)CCC1. The first-order chi connectivity index (χ1) is 7.24. The Balaban J connectivity index is 1.74. The predicted octanol–water partition coefficient (Wildman–Crippen LogP) is 1.48. The number of rotatable bonds is 5. The molecule has 1 aromatic heterocycles. The van der Waals surface area contributed by atoms with Gasteiger partial charge in [0, 0.05) is 26.3 Å². The molecule has 1 N–H and O–H groups in total. The van der Waals surface area contributed by atoms with Crippen LogP contribution in [-0.4, -0.2) is 21.5 Å². The summed E-state index contributed by atoms with van der Waals surface area (Å²) in [7, 11) is 1.90. The molecule has 2 rings (SSSR count). The second-order valence-electron chi connectivity index (χ2n) is 4.69. The fraction of sp³-hybridized carbons (Fsp3) is 0.818. The molecule has 0 spiro atoms. The van der Waals surface area contributed by atoms with E-state index in [1.54, 1.807) is 4.68 Å². The van der Waals surface area contributed by atoms with Crippen molar-refractivity contribution in [2.75, 3.05) is 6.54 Å². The van der Waals surface area contributed by atoms with Crippen molar-refractivity contribution in [2.24, 2.45) is 12.5 Å². The predicted molar refractivity (Wildman–Crippen MR) is 59.3 cm³/mol. The molecule has 1 aromatic rings. The Morgan fingerprint density at radius 1 is 1.53 bits per heavy atom. The Morgan fingerprint density at radius 2 is 2.33 bits per heavy atom. The fourth-order valence-corrected chi connectivity index (χ4v) is 2.26. The average molecular weight is 208 g/mol. The Hall–Kier alpha value is -0.900. The van der Waals surface area contributed by atoms with Gasteiger partial charge in [0.25, 0.3) is 0 Å². The molecule has 1 aliphatic rings. The van der Waals surface area contributed by atoms with Gasteiger partial charge in [-0.2, -0.15) is 0 Å². The molecular formula is C11H20N4. The fourth-order valence-electron chi connectivity index (χ4n) is 2.26. The van der Waals surface area contributed by atoms with Gasteiger partial charge in [-0.3, -0.25) is 4.68 Å². The van der Waals surface area contributed by atoms with Crippen LogP contribution in [0.2, 0.25) is 0 Å². The van der Waals surface area contributed by atoms with Crippen molar-refractivity contribution in [3.8, 4) is 0 Å². The third-order valence-electron chi connectivity index (χ3n) is 3.62. The molecule has 15 heavy (non-hydrogen) atoms. The highest BCUT2D eigenvalue weighted by Gasteiger charge is 2.34. The van der Waals surface area contributed by atoms with Gasteiger partial charge < -0.3 is 5.32 Å². The van der Waals surface area contributed by atoms with Gasteiger partial charge in [-0.25, -0.2) is 0 Å². The van der Waals surface area contributed by atoms with Crippen molar-refractivity contribution in [1.82, 2.24) is 20.3 Å². The molecule has 0 bridgehead atoms. The summed E-state index contributed by atoms with van der Waals surface area (Å²) in [6, 6.07) is 0. The lowest BCUT2D eigenvalue weighted by Crippen LogP contribution is -2.39. The lowest BCUT2D eigenvalue weighted by Gasteiger charge is -2.41.